The maximum Gasteiger partial charge on any atom is 0.261 e. The second-order valence-electron chi connectivity index (χ2n) is 4.77. The SMILES string of the molecule is NC(=O)CCN(C(=O)c1ccc(Br)cc1F)c1ccc(F)cc1. The van der Waals surface area contributed by atoms with Gasteiger partial charge in [0.05, 0.1) is 5.56 Å². The first kappa shape index (κ1) is 17.1. The van der Waals surface area contributed by atoms with Gasteiger partial charge in [-0.15, -0.1) is 0 Å². The number of carbonyl (C=O) groups is 2. The predicted molar refractivity (Wildman–Crippen MR) is 86.0 cm³/mol. The molecule has 0 aliphatic carbocycles. The fraction of sp³-hybridized carbons (Fsp3) is 0.125. The Labute approximate surface area is 140 Å². The van der Waals surface area contributed by atoms with Gasteiger partial charge in [-0.1, -0.05) is 15.9 Å². The first-order valence-electron chi connectivity index (χ1n) is 6.69. The highest BCUT2D eigenvalue weighted by Crippen LogP contribution is 2.21. The highest BCUT2D eigenvalue weighted by Gasteiger charge is 2.21. The number of anilines is 1. The van der Waals surface area contributed by atoms with E-state index in [1.165, 1.54) is 47.4 Å². The maximum atomic E-state index is 14.0. The average molecular weight is 383 g/mol. The van der Waals surface area contributed by atoms with Crippen LogP contribution in [0.2, 0.25) is 0 Å². The minimum atomic E-state index is -0.699. The van der Waals surface area contributed by atoms with Crippen LogP contribution in [0.3, 0.4) is 0 Å². The first-order chi connectivity index (χ1) is 10.9. The second kappa shape index (κ2) is 7.32. The maximum absolute atomic E-state index is 14.0. The van der Waals surface area contributed by atoms with Gasteiger partial charge in [-0.3, -0.25) is 9.59 Å². The van der Waals surface area contributed by atoms with Crippen LogP contribution < -0.4 is 10.6 Å². The number of hydrogen-bond acceptors (Lipinski definition) is 2. The van der Waals surface area contributed by atoms with Gasteiger partial charge >= 0.3 is 0 Å². The van der Waals surface area contributed by atoms with Crippen LogP contribution in [0.5, 0.6) is 0 Å². The van der Waals surface area contributed by atoms with Gasteiger partial charge < -0.3 is 10.6 Å². The number of benzene rings is 2. The van der Waals surface area contributed by atoms with Gasteiger partial charge in [-0.05, 0) is 42.5 Å². The number of hydrogen-bond donors (Lipinski definition) is 1. The van der Waals surface area contributed by atoms with Crippen LogP contribution in [0, 0.1) is 11.6 Å². The number of rotatable bonds is 5. The lowest BCUT2D eigenvalue weighted by Crippen LogP contribution is -2.34. The van der Waals surface area contributed by atoms with E-state index in [4.69, 9.17) is 5.73 Å². The topological polar surface area (TPSA) is 63.4 Å². The lowest BCUT2D eigenvalue weighted by molar-refractivity contribution is -0.117. The summed E-state index contributed by atoms with van der Waals surface area (Å²) in [6.07, 6.45) is -0.0960. The number of carbonyl (C=O) groups excluding carboxylic acids is 2. The molecule has 120 valence electrons. The zero-order chi connectivity index (χ0) is 17.0. The number of nitrogens with two attached hydrogens (primary N) is 1. The Morgan fingerprint density at radius 3 is 2.30 bits per heavy atom. The molecule has 0 atom stereocenters. The molecule has 7 heteroatoms. The Kier molecular flexibility index (Phi) is 5.44. The normalized spacial score (nSPS) is 10.4. The Morgan fingerprint density at radius 2 is 1.74 bits per heavy atom. The molecule has 0 unspecified atom stereocenters. The summed E-state index contributed by atoms with van der Waals surface area (Å²) in [6, 6.07) is 9.16. The van der Waals surface area contributed by atoms with E-state index < -0.39 is 23.4 Å². The minimum absolute atomic E-state index is 0.0324. The first-order valence-corrected chi connectivity index (χ1v) is 7.48. The summed E-state index contributed by atoms with van der Waals surface area (Å²) in [5.41, 5.74) is 5.31. The number of primary amides is 1. The van der Waals surface area contributed by atoms with Gasteiger partial charge in [-0.2, -0.15) is 0 Å². The molecule has 0 saturated carbocycles. The van der Waals surface area contributed by atoms with Crippen LogP contribution >= 0.6 is 15.9 Å². The fourth-order valence-electron chi connectivity index (χ4n) is 2.00. The summed E-state index contributed by atoms with van der Waals surface area (Å²) in [6.45, 7) is -0.0324. The van der Waals surface area contributed by atoms with Crippen molar-refractivity contribution in [3.8, 4) is 0 Å². The van der Waals surface area contributed by atoms with Crippen molar-refractivity contribution in [1.29, 1.82) is 0 Å². The predicted octanol–water partition coefficient (Wildman–Crippen LogP) is 3.25. The van der Waals surface area contributed by atoms with Gasteiger partial charge in [-0.25, -0.2) is 8.78 Å². The molecule has 0 aromatic heterocycles. The van der Waals surface area contributed by atoms with Gasteiger partial charge in [0.25, 0.3) is 5.91 Å². The van der Waals surface area contributed by atoms with Crippen molar-refractivity contribution < 1.29 is 18.4 Å². The average Bonchev–Trinajstić information content (AvgIpc) is 2.48. The van der Waals surface area contributed by atoms with E-state index in [-0.39, 0.29) is 18.5 Å². The lowest BCUT2D eigenvalue weighted by Gasteiger charge is -2.22. The number of halogens is 3. The van der Waals surface area contributed by atoms with Crippen molar-refractivity contribution >= 4 is 33.4 Å². The molecule has 0 fully saturated rings. The summed E-state index contributed by atoms with van der Waals surface area (Å²) in [4.78, 5) is 24.8. The highest BCUT2D eigenvalue weighted by atomic mass is 79.9. The number of nitrogens with zero attached hydrogens (tertiary/aromatic N) is 1. The van der Waals surface area contributed by atoms with E-state index in [9.17, 15) is 18.4 Å². The summed E-state index contributed by atoms with van der Waals surface area (Å²) in [5.74, 6) is -2.40. The lowest BCUT2D eigenvalue weighted by atomic mass is 10.1. The summed E-state index contributed by atoms with van der Waals surface area (Å²) < 4.78 is 27.6. The third-order valence-electron chi connectivity index (χ3n) is 3.13. The molecular formula is C16H13BrF2N2O2. The van der Waals surface area contributed by atoms with Crippen LogP contribution in [0.1, 0.15) is 16.8 Å². The summed E-state index contributed by atoms with van der Waals surface area (Å²) in [5, 5.41) is 0. The van der Waals surface area contributed by atoms with Crippen LogP contribution in [0.15, 0.2) is 46.9 Å². The van der Waals surface area contributed by atoms with Crippen LogP contribution in [0.4, 0.5) is 14.5 Å². The standard InChI is InChI=1S/C16H13BrF2N2O2/c17-10-1-6-13(14(19)9-10)16(23)21(8-7-15(20)22)12-4-2-11(18)3-5-12/h1-6,9H,7-8H2,(H2,20,22). The van der Waals surface area contributed by atoms with Crippen molar-refractivity contribution in [2.75, 3.05) is 11.4 Å². The molecule has 2 N–H and O–H groups in total. The van der Waals surface area contributed by atoms with Gasteiger partial charge in [0, 0.05) is 23.1 Å². The van der Waals surface area contributed by atoms with Crippen molar-refractivity contribution in [3.63, 3.8) is 0 Å². The van der Waals surface area contributed by atoms with Gasteiger partial charge in [0.1, 0.15) is 11.6 Å². The molecule has 0 aliphatic rings. The van der Waals surface area contributed by atoms with E-state index in [1.807, 2.05) is 0 Å². The van der Waals surface area contributed by atoms with Crippen molar-refractivity contribution in [2.45, 2.75) is 6.42 Å². The van der Waals surface area contributed by atoms with Crippen LogP contribution in [-0.4, -0.2) is 18.4 Å². The fourth-order valence-corrected chi connectivity index (χ4v) is 2.33. The van der Waals surface area contributed by atoms with E-state index >= 15 is 0 Å². The molecule has 0 bridgehead atoms. The molecule has 0 saturated heterocycles. The third kappa shape index (κ3) is 4.35. The van der Waals surface area contributed by atoms with E-state index in [0.29, 0.717) is 10.2 Å². The smallest absolute Gasteiger partial charge is 0.261 e. The van der Waals surface area contributed by atoms with E-state index in [0.717, 1.165) is 0 Å². The molecule has 0 radical (unpaired) electrons. The molecule has 0 aliphatic heterocycles. The highest BCUT2D eigenvalue weighted by molar-refractivity contribution is 9.10. The largest absolute Gasteiger partial charge is 0.370 e. The van der Waals surface area contributed by atoms with Crippen LogP contribution in [0.25, 0.3) is 0 Å². The summed E-state index contributed by atoms with van der Waals surface area (Å²) in [7, 11) is 0. The van der Waals surface area contributed by atoms with E-state index in [1.54, 1.807) is 0 Å². The summed E-state index contributed by atoms with van der Waals surface area (Å²) >= 11 is 3.12. The van der Waals surface area contributed by atoms with Crippen molar-refractivity contribution in [3.05, 3.63) is 64.1 Å². The quantitative estimate of drug-likeness (QED) is 0.862. The molecule has 0 heterocycles. The molecule has 4 nitrogen and oxygen atoms in total. The molecular weight excluding hydrogens is 370 g/mol. The van der Waals surface area contributed by atoms with E-state index in [2.05, 4.69) is 15.9 Å². The molecule has 2 amide bonds. The van der Waals surface area contributed by atoms with Crippen molar-refractivity contribution in [1.82, 2.24) is 0 Å². The van der Waals surface area contributed by atoms with Crippen molar-refractivity contribution in [2.24, 2.45) is 5.73 Å². The molecule has 2 rings (SSSR count). The Balaban J connectivity index is 2.37. The monoisotopic (exact) mass is 382 g/mol. The van der Waals surface area contributed by atoms with Gasteiger partial charge in [0.2, 0.25) is 5.91 Å². The minimum Gasteiger partial charge on any atom is -0.370 e. The Morgan fingerprint density at radius 1 is 1.09 bits per heavy atom. The van der Waals surface area contributed by atoms with Gasteiger partial charge in [0.15, 0.2) is 0 Å². The Hall–Kier alpha value is -2.28. The molecule has 2 aromatic carbocycles. The molecule has 23 heavy (non-hydrogen) atoms. The zero-order valence-corrected chi connectivity index (χ0v) is 13.5. The third-order valence-corrected chi connectivity index (χ3v) is 3.62. The number of amides is 2. The van der Waals surface area contributed by atoms with Crippen LogP contribution in [-0.2, 0) is 4.79 Å². The second-order valence-corrected chi connectivity index (χ2v) is 5.69. The molecule has 2 aromatic rings. The molecule has 0 spiro atoms. The zero-order valence-electron chi connectivity index (χ0n) is 11.9. The Bertz CT molecular complexity index is 735.